The maximum atomic E-state index is 3.64. The van der Waals surface area contributed by atoms with Gasteiger partial charge in [-0.3, -0.25) is 9.80 Å². The third-order valence-electron chi connectivity index (χ3n) is 5.47. The first-order chi connectivity index (χ1) is 9.24. The van der Waals surface area contributed by atoms with Gasteiger partial charge in [-0.15, -0.1) is 0 Å². The summed E-state index contributed by atoms with van der Waals surface area (Å²) < 4.78 is 0. The van der Waals surface area contributed by atoms with Crippen molar-refractivity contribution in [3.63, 3.8) is 0 Å². The van der Waals surface area contributed by atoms with Crippen LogP contribution < -0.4 is 5.32 Å². The lowest BCUT2D eigenvalue weighted by atomic mass is 9.78. The highest BCUT2D eigenvalue weighted by molar-refractivity contribution is 4.94. The van der Waals surface area contributed by atoms with Gasteiger partial charge in [0.1, 0.15) is 0 Å². The number of fused-ring (bicyclic) bond motifs is 1. The van der Waals surface area contributed by atoms with Crippen LogP contribution in [-0.4, -0.2) is 60.6 Å². The Balaban J connectivity index is 1.53. The third-order valence-corrected chi connectivity index (χ3v) is 5.47. The topological polar surface area (TPSA) is 18.5 Å². The number of hydrogen-bond acceptors (Lipinski definition) is 3. The van der Waals surface area contributed by atoms with Gasteiger partial charge in [-0.05, 0) is 64.2 Å². The molecule has 3 atom stereocenters. The van der Waals surface area contributed by atoms with Crippen molar-refractivity contribution in [2.75, 3.05) is 32.7 Å². The van der Waals surface area contributed by atoms with E-state index in [1.807, 2.05) is 0 Å². The molecule has 0 bridgehead atoms. The maximum absolute atomic E-state index is 3.64. The fraction of sp³-hybridized carbons (Fsp3) is 1.00. The van der Waals surface area contributed by atoms with E-state index in [1.54, 1.807) is 0 Å². The van der Waals surface area contributed by atoms with Crippen LogP contribution in [0.5, 0.6) is 0 Å². The zero-order valence-corrected chi connectivity index (χ0v) is 12.8. The first kappa shape index (κ1) is 13.8. The van der Waals surface area contributed by atoms with Crippen LogP contribution in [0.4, 0.5) is 0 Å². The second-order valence-corrected chi connectivity index (χ2v) is 7.15. The molecule has 1 N–H and O–H groups in total. The molecule has 19 heavy (non-hydrogen) atoms. The summed E-state index contributed by atoms with van der Waals surface area (Å²) in [5, 5.41) is 3.64. The van der Waals surface area contributed by atoms with Crippen LogP contribution in [-0.2, 0) is 0 Å². The molecular weight excluding hydrogens is 234 g/mol. The van der Waals surface area contributed by atoms with E-state index < -0.39 is 0 Å². The van der Waals surface area contributed by atoms with Crippen LogP contribution in [0.15, 0.2) is 0 Å². The highest BCUT2D eigenvalue weighted by Gasteiger charge is 2.38. The lowest BCUT2D eigenvalue weighted by Gasteiger charge is -2.45. The number of rotatable bonds is 4. The normalized spacial score (nSPS) is 37.1. The SMILES string of the molecule is CC(C)NCC1CCC1N1CCCN2CCCC2C1. The lowest BCUT2D eigenvalue weighted by Crippen LogP contribution is -2.53. The minimum atomic E-state index is 0.635. The van der Waals surface area contributed by atoms with Crippen molar-refractivity contribution in [2.45, 2.75) is 64.1 Å². The highest BCUT2D eigenvalue weighted by atomic mass is 15.3. The molecule has 1 saturated carbocycles. The summed E-state index contributed by atoms with van der Waals surface area (Å²) in [5.74, 6) is 0.912. The first-order valence-electron chi connectivity index (χ1n) is 8.45. The molecule has 3 fully saturated rings. The van der Waals surface area contributed by atoms with Crippen molar-refractivity contribution in [2.24, 2.45) is 5.92 Å². The Morgan fingerprint density at radius 3 is 2.53 bits per heavy atom. The Morgan fingerprint density at radius 2 is 1.79 bits per heavy atom. The van der Waals surface area contributed by atoms with E-state index in [4.69, 9.17) is 0 Å². The number of nitrogens with zero attached hydrogens (tertiary/aromatic N) is 2. The van der Waals surface area contributed by atoms with Crippen molar-refractivity contribution < 1.29 is 0 Å². The molecule has 110 valence electrons. The molecule has 0 aromatic carbocycles. The first-order valence-corrected chi connectivity index (χ1v) is 8.45. The molecule has 3 unspecified atom stereocenters. The summed E-state index contributed by atoms with van der Waals surface area (Å²) in [7, 11) is 0. The largest absolute Gasteiger partial charge is 0.314 e. The molecule has 3 nitrogen and oxygen atoms in total. The van der Waals surface area contributed by atoms with Crippen molar-refractivity contribution in [1.29, 1.82) is 0 Å². The van der Waals surface area contributed by atoms with Crippen molar-refractivity contribution in [3.8, 4) is 0 Å². The van der Waals surface area contributed by atoms with E-state index in [0.29, 0.717) is 6.04 Å². The predicted molar refractivity (Wildman–Crippen MR) is 80.4 cm³/mol. The van der Waals surface area contributed by atoms with Gasteiger partial charge >= 0.3 is 0 Å². The summed E-state index contributed by atoms with van der Waals surface area (Å²) in [6.45, 7) is 11.2. The van der Waals surface area contributed by atoms with Gasteiger partial charge in [-0.1, -0.05) is 13.8 Å². The molecular formula is C16H31N3. The number of hydrogen-bond donors (Lipinski definition) is 1. The molecule has 2 heterocycles. The summed E-state index contributed by atoms with van der Waals surface area (Å²) in [5.41, 5.74) is 0. The monoisotopic (exact) mass is 265 g/mol. The molecule has 2 aliphatic heterocycles. The second-order valence-electron chi connectivity index (χ2n) is 7.15. The molecule has 0 spiro atoms. The molecule has 0 aromatic rings. The zero-order chi connectivity index (χ0) is 13.2. The Hall–Kier alpha value is -0.120. The Morgan fingerprint density at radius 1 is 1.00 bits per heavy atom. The van der Waals surface area contributed by atoms with Crippen LogP contribution in [0, 0.1) is 5.92 Å². The van der Waals surface area contributed by atoms with Gasteiger partial charge in [-0.25, -0.2) is 0 Å². The fourth-order valence-electron chi connectivity index (χ4n) is 4.19. The smallest absolute Gasteiger partial charge is 0.0223 e. The molecule has 3 heteroatoms. The zero-order valence-electron chi connectivity index (χ0n) is 12.8. The summed E-state index contributed by atoms with van der Waals surface area (Å²) in [6.07, 6.45) is 7.14. The van der Waals surface area contributed by atoms with Gasteiger partial charge < -0.3 is 5.32 Å². The average molecular weight is 265 g/mol. The summed E-state index contributed by atoms with van der Waals surface area (Å²) in [4.78, 5) is 5.59. The lowest BCUT2D eigenvalue weighted by molar-refractivity contribution is 0.0552. The van der Waals surface area contributed by atoms with E-state index in [-0.39, 0.29) is 0 Å². The minimum absolute atomic E-state index is 0.635. The van der Waals surface area contributed by atoms with Gasteiger partial charge in [0.2, 0.25) is 0 Å². The van der Waals surface area contributed by atoms with E-state index in [9.17, 15) is 0 Å². The van der Waals surface area contributed by atoms with E-state index in [1.165, 1.54) is 64.8 Å². The standard InChI is InChI=1S/C16H31N3/c1-13(2)17-11-14-6-7-16(14)19-10-4-9-18-8-3-5-15(18)12-19/h13-17H,3-12H2,1-2H3. The Bertz CT molecular complexity index is 292. The van der Waals surface area contributed by atoms with Crippen LogP contribution in [0.3, 0.4) is 0 Å². The van der Waals surface area contributed by atoms with Crippen LogP contribution >= 0.6 is 0 Å². The Kier molecular flexibility index (Phi) is 4.45. The Labute approximate surface area is 118 Å². The van der Waals surface area contributed by atoms with Gasteiger partial charge in [0, 0.05) is 24.7 Å². The molecule has 3 rings (SSSR count). The van der Waals surface area contributed by atoms with Crippen molar-refractivity contribution >= 4 is 0 Å². The summed E-state index contributed by atoms with van der Waals surface area (Å²) in [6, 6.07) is 2.39. The van der Waals surface area contributed by atoms with E-state index >= 15 is 0 Å². The molecule has 0 radical (unpaired) electrons. The van der Waals surface area contributed by atoms with E-state index in [0.717, 1.165) is 18.0 Å². The van der Waals surface area contributed by atoms with E-state index in [2.05, 4.69) is 29.0 Å². The van der Waals surface area contributed by atoms with Crippen LogP contribution in [0.1, 0.15) is 46.0 Å². The van der Waals surface area contributed by atoms with Crippen molar-refractivity contribution in [1.82, 2.24) is 15.1 Å². The average Bonchev–Trinajstić information content (AvgIpc) is 2.67. The molecule has 0 amide bonds. The number of nitrogens with one attached hydrogen (secondary N) is 1. The minimum Gasteiger partial charge on any atom is -0.314 e. The summed E-state index contributed by atoms with van der Waals surface area (Å²) >= 11 is 0. The maximum Gasteiger partial charge on any atom is 0.0223 e. The second kappa shape index (κ2) is 6.11. The molecule has 0 aromatic heterocycles. The fourth-order valence-corrected chi connectivity index (χ4v) is 4.19. The molecule has 2 saturated heterocycles. The quantitative estimate of drug-likeness (QED) is 0.838. The predicted octanol–water partition coefficient (Wildman–Crippen LogP) is 1.93. The van der Waals surface area contributed by atoms with Gasteiger partial charge in [0.25, 0.3) is 0 Å². The van der Waals surface area contributed by atoms with Gasteiger partial charge in [-0.2, -0.15) is 0 Å². The van der Waals surface area contributed by atoms with Crippen LogP contribution in [0.25, 0.3) is 0 Å². The third kappa shape index (κ3) is 3.14. The van der Waals surface area contributed by atoms with Gasteiger partial charge in [0.05, 0.1) is 0 Å². The van der Waals surface area contributed by atoms with Gasteiger partial charge in [0.15, 0.2) is 0 Å². The van der Waals surface area contributed by atoms with Crippen LogP contribution in [0.2, 0.25) is 0 Å². The molecule has 3 aliphatic rings. The highest BCUT2D eigenvalue weighted by Crippen LogP contribution is 2.34. The van der Waals surface area contributed by atoms with Crippen molar-refractivity contribution in [3.05, 3.63) is 0 Å². The molecule has 1 aliphatic carbocycles.